The van der Waals surface area contributed by atoms with Crippen LogP contribution in [0.25, 0.3) is 0 Å². The molecule has 0 aliphatic carbocycles. The van der Waals surface area contributed by atoms with Gasteiger partial charge in [0.25, 0.3) is 0 Å². The van der Waals surface area contributed by atoms with Crippen LogP contribution in [0.15, 0.2) is 24.3 Å². The zero-order valence-electron chi connectivity index (χ0n) is 19.4. The van der Waals surface area contributed by atoms with Crippen LogP contribution in [0.1, 0.15) is 26.2 Å². The minimum atomic E-state index is -5.43. The van der Waals surface area contributed by atoms with E-state index in [2.05, 4.69) is 11.8 Å². The summed E-state index contributed by atoms with van der Waals surface area (Å²) in [6.07, 6.45) is 3.30. The quantitative estimate of drug-likeness (QED) is 0.167. The van der Waals surface area contributed by atoms with E-state index in [4.69, 9.17) is 38.5 Å². The Labute approximate surface area is 262 Å². The van der Waals surface area contributed by atoms with Crippen LogP contribution in [0.4, 0.5) is 4.79 Å². The molecular weight excluding hydrogens is 494 g/mol. The molecule has 1 aliphatic rings. The van der Waals surface area contributed by atoms with Crippen molar-refractivity contribution in [1.29, 1.82) is 0 Å². The monoisotopic (exact) mass is 521 g/mol. The molecule has 1 saturated heterocycles. The summed E-state index contributed by atoms with van der Waals surface area (Å²) in [4.78, 5) is 29.7. The van der Waals surface area contributed by atoms with Gasteiger partial charge in [0.2, 0.25) is 0 Å². The van der Waals surface area contributed by atoms with Crippen molar-refractivity contribution < 1.29 is 127 Å². The summed E-state index contributed by atoms with van der Waals surface area (Å²) >= 11 is 0. The van der Waals surface area contributed by atoms with Crippen LogP contribution < -0.4 is 113 Å². The zero-order valence-corrected chi connectivity index (χ0v) is 27.2. The van der Waals surface area contributed by atoms with E-state index < -0.39 is 13.3 Å². The second kappa shape index (κ2) is 24.3. The fourth-order valence-corrected chi connectivity index (χ4v) is 2.27. The number of benzene rings is 1. The van der Waals surface area contributed by atoms with Gasteiger partial charge >= 0.3 is 88.7 Å². The molecule has 0 bridgehead atoms. The molecule has 0 spiro atoms. The van der Waals surface area contributed by atoms with Crippen molar-refractivity contribution in [3.8, 4) is 11.5 Å². The van der Waals surface area contributed by atoms with Gasteiger partial charge in [-0.3, -0.25) is 4.90 Å². The van der Waals surface area contributed by atoms with Gasteiger partial charge in [-0.05, 0) is 44.7 Å². The Morgan fingerprint density at radius 3 is 1.78 bits per heavy atom. The first kappa shape index (κ1) is 40.8. The fraction of sp³-hybridized carbons (Fsp3) is 0.611. The Bertz CT molecular complexity index is 619. The van der Waals surface area contributed by atoms with Crippen LogP contribution in [-0.2, 0) is 9.30 Å². The van der Waals surface area contributed by atoms with E-state index in [1.54, 1.807) is 0 Å². The van der Waals surface area contributed by atoms with Crippen molar-refractivity contribution in [3.05, 3.63) is 24.3 Å². The molecule has 14 heteroatoms. The van der Waals surface area contributed by atoms with Gasteiger partial charge in [-0.15, -0.1) is 12.4 Å². The maximum Gasteiger partial charge on any atom is 1.00 e. The molecule has 0 saturated carbocycles. The molecule has 0 amide bonds. The third kappa shape index (κ3) is 21.0. The van der Waals surface area contributed by atoms with Gasteiger partial charge in [0.05, 0.1) is 32.1 Å². The molecule has 1 aromatic carbocycles. The summed E-state index contributed by atoms with van der Waals surface area (Å²) in [6, 6.07) is 7.92. The normalized spacial score (nSPS) is 12.8. The predicted molar refractivity (Wildman–Crippen MR) is 104 cm³/mol. The minimum absolute atomic E-state index is 0. The second-order valence-electron chi connectivity index (χ2n) is 6.09. The third-order valence-electron chi connectivity index (χ3n) is 3.81. The van der Waals surface area contributed by atoms with Gasteiger partial charge in [0, 0.05) is 19.6 Å². The molecule has 1 aromatic rings. The molecule has 1 heterocycles. The Morgan fingerprint density at radius 1 is 1.00 bits per heavy atom. The van der Waals surface area contributed by atoms with Gasteiger partial charge in [0.15, 0.2) is 0 Å². The standard InChI is InChI=1S/C17H27NO3.CH3O5P.ClH.3Na/c1-2-3-12-20-16-5-7-17(8-6-16)21-13-4-9-18-10-14-19-15-11-18;2-1(3)7(4,5)6;;;;/h5-8H,2-4,9-15H2,1H3;(H,2,3)(H2,4,5,6);1H;;;/q;;;3*+1/p-3. The number of carbonyl (C=O) groups is 1. The molecule has 0 atom stereocenters. The largest absolute Gasteiger partial charge is 1.00 e. The first-order valence-electron chi connectivity index (χ1n) is 9.22. The zero-order chi connectivity index (χ0) is 20.8. The maximum atomic E-state index is 9.14. The van der Waals surface area contributed by atoms with Crippen LogP contribution in [-0.4, -0.2) is 56.7 Å². The predicted octanol–water partition coefficient (Wildman–Crippen LogP) is -8.36. The Morgan fingerprint density at radius 2 is 1.41 bits per heavy atom. The van der Waals surface area contributed by atoms with Crippen LogP contribution in [0.3, 0.4) is 0 Å². The summed E-state index contributed by atoms with van der Waals surface area (Å²) < 4.78 is 25.9. The molecule has 1 fully saturated rings. The van der Waals surface area contributed by atoms with Crippen LogP contribution in [0.5, 0.6) is 11.5 Å². The van der Waals surface area contributed by atoms with Crippen LogP contribution in [0, 0.1) is 0 Å². The van der Waals surface area contributed by atoms with Gasteiger partial charge in [-0.2, -0.15) is 0 Å². The van der Waals surface area contributed by atoms with Crippen molar-refractivity contribution in [2.45, 2.75) is 26.2 Å². The number of rotatable bonds is 10. The number of ether oxygens (including phenoxy) is 3. The minimum Gasteiger partial charge on any atom is -0.807 e. The number of halogens is 1. The first-order valence-corrected chi connectivity index (χ1v) is 10.8. The van der Waals surface area contributed by atoms with Crippen LogP contribution in [0.2, 0.25) is 0 Å². The SMILES string of the molecule is CCCCOc1ccc(OCCCN2CCOCC2)cc1.Cl.O=C([O-])P(=O)([O-])[O-].[Na+].[Na+].[Na+]. The van der Waals surface area contributed by atoms with Gasteiger partial charge in [0.1, 0.15) is 11.5 Å². The Hall–Kier alpha value is 1.65. The second-order valence-corrected chi connectivity index (χ2v) is 7.45. The number of morpholine rings is 1. The summed E-state index contributed by atoms with van der Waals surface area (Å²) in [5.41, 5.74) is -2.56. The van der Waals surface area contributed by atoms with Crippen molar-refractivity contribution in [1.82, 2.24) is 4.90 Å². The molecule has 0 N–H and O–H groups in total. The van der Waals surface area contributed by atoms with E-state index in [9.17, 15) is 0 Å². The van der Waals surface area contributed by atoms with E-state index in [1.165, 1.54) is 0 Å². The number of unbranched alkanes of at least 4 members (excludes halogenated alkanes) is 1. The smallest absolute Gasteiger partial charge is 0.807 e. The number of nitrogens with zero attached hydrogens (tertiary/aromatic N) is 1. The molecule has 1 aliphatic heterocycles. The van der Waals surface area contributed by atoms with E-state index in [0.29, 0.717) is 0 Å². The molecule has 168 valence electrons. The summed E-state index contributed by atoms with van der Waals surface area (Å²) in [5.74, 6) is 1.84. The van der Waals surface area contributed by atoms with Gasteiger partial charge in [-0.25, -0.2) is 0 Å². The van der Waals surface area contributed by atoms with Crippen molar-refractivity contribution >= 4 is 25.7 Å². The summed E-state index contributed by atoms with van der Waals surface area (Å²) in [6.45, 7) is 8.61. The number of carbonyl (C=O) groups excluding carboxylic acids is 1. The van der Waals surface area contributed by atoms with E-state index in [-0.39, 0.29) is 101 Å². The summed E-state index contributed by atoms with van der Waals surface area (Å²) in [5, 5.41) is 9.02. The Kier molecular flexibility index (Phi) is 31.0. The fourth-order valence-electron chi connectivity index (χ4n) is 2.27. The van der Waals surface area contributed by atoms with Gasteiger partial charge in [-0.1, -0.05) is 13.3 Å². The maximum absolute atomic E-state index is 9.14. The van der Waals surface area contributed by atoms with E-state index >= 15 is 0 Å². The van der Waals surface area contributed by atoms with Crippen molar-refractivity contribution in [2.75, 3.05) is 46.1 Å². The molecule has 0 radical (unpaired) electrons. The molecule has 0 unspecified atom stereocenters. The van der Waals surface area contributed by atoms with Gasteiger partial charge < -0.3 is 38.5 Å². The van der Waals surface area contributed by atoms with Crippen molar-refractivity contribution in [3.63, 3.8) is 0 Å². The average Bonchev–Trinajstić information content (AvgIpc) is 2.67. The number of carboxylic acid groups (broad SMARTS) is 1. The molecule has 32 heavy (non-hydrogen) atoms. The molecule has 9 nitrogen and oxygen atoms in total. The van der Waals surface area contributed by atoms with E-state index in [1.807, 2.05) is 24.3 Å². The molecule has 0 aromatic heterocycles. The number of hydrogen-bond acceptors (Lipinski definition) is 9. The average molecular weight is 522 g/mol. The Balaban J connectivity index is -0.000000314. The molecule has 2 rings (SSSR count). The van der Waals surface area contributed by atoms with Crippen LogP contribution >= 0.6 is 20.0 Å². The number of hydrogen-bond donors (Lipinski definition) is 0. The topological polar surface area (TPSA) is 134 Å². The summed E-state index contributed by atoms with van der Waals surface area (Å²) in [7, 11) is -5.43. The van der Waals surface area contributed by atoms with E-state index in [0.717, 1.165) is 76.8 Å². The first-order chi connectivity index (χ1) is 13.3. The van der Waals surface area contributed by atoms with Crippen molar-refractivity contribution in [2.24, 2.45) is 0 Å². The molecular formula is C18H28ClNNa3O8P. The third-order valence-corrected chi connectivity index (χ3v) is 4.25.